The molecule has 1 aliphatic carbocycles. The first kappa shape index (κ1) is 14.8. The summed E-state index contributed by atoms with van der Waals surface area (Å²) in [6, 6.07) is 11.6. The zero-order valence-corrected chi connectivity index (χ0v) is 13.7. The highest BCUT2D eigenvalue weighted by Gasteiger charge is 2.33. The first-order valence-electron chi connectivity index (χ1n) is 7.43. The number of nitrogens with one attached hydrogen (secondary N) is 2. The Morgan fingerprint density at radius 2 is 2.22 bits per heavy atom. The quantitative estimate of drug-likeness (QED) is 0.681. The molecule has 4 nitrogen and oxygen atoms in total. The number of amides is 1. The fraction of sp³-hybridized carbons (Fsp3) is 0.235. The molecule has 2 aromatic heterocycles. The minimum absolute atomic E-state index is 0.0252. The van der Waals surface area contributed by atoms with E-state index in [1.54, 1.807) is 0 Å². The van der Waals surface area contributed by atoms with Crippen molar-refractivity contribution in [2.24, 2.45) is 0 Å². The fourth-order valence-corrected chi connectivity index (χ4v) is 4.44. The molecule has 3 N–H and O–H groups in total. The summed E-state index contributed by atoms with van der Waals surface area (Å²) in [7, 11) is 0. The van der Waals surface area contributed by atoms with Crippen LogP contribution in [0.25, 0.3) is 10.2 Å². The van der Waals surface area contributed by atoms with E-state index in [-0.39, 0.29) is 24.5 Å². The number of thiophene rings is 1. The van der Waals surface area contributed by atoms with Crippen LogP contribution in [0.2, 0.25) is 4.34 Å². The third-order valence-corrected chi connectivity index (χ3v) is 5.61. The second kappa shape index (κ2) is 5.67. The molecule has 0 aliphatic heterocycles. The molecular formula is C17H15ClN2O2S. The van der Waals surface area contributed by atoms with Gasteiger partial charge in [-0.15, -0.1) is 11.3 Å². The number of benzene rings is 1. The van der Waals surface area contributed by atoms with Gasteiger partial charge in [-0.1, -0.05) is 35.9 Å². The van der Waals surface area contributed by atoms with Gasteiger partial charge in [0.25, 0.3) is 5.91 Å². The second-order valence-corrected chi connectivity index (χ2v) is 7.47. The van der Waals surface area contributed by atoms with Crippen LogP contribution < -0.4 is 5.32 Å². The lowest BCUT2D eigenvalue weighted by atomic mass is 9.99. The third kappa shape index (κ3) is 2.55. The molecule has 4 rings (SSSR count). The number of aliphatic hydroxyl groups excluding tert-OH is 1. The SMILES string of the molecule is O=C(N[C@@H]1Cc2ccccc2[C@@H]1CO)c1cc2cc(Cl)sc2[nH]1. The largest absolute Gasteiger partial charge is 0.396 e. The van der Waals surface area contributed by atoms with Gasteiger partial charge in [0.05, 0.1) is 10.9 Å². The van der Waals surface area contributed by atoms with Crippen molar-refractivity contribution in [2.45, 2.75) is 18.4 Å². The maximum Gasteiger partial charge on any atom is 0.268 e. The van der Waals surface area contributed by atoms with Crippen molar-refractivity contribution < 1.29 is 9.90 Å². The smallest absolute Gasteiger partial charge is 0.268 e. The normalized spacial score (nSPS) is 19.9. The number of halogens is 1. The lowest BCUT2D eigenvalue weighted by Gasteiger charge is -2.19. The number of hydrogen-bond donors (Lipinski definition) is 3. The van der Waals surface area contributed by atoms with Crippen molar-refractivity contribution in [1.82, 2.24) is 10.3 Å². The highest BCUT2D eigenvalue weighted by Crippen LogP contribution is 2.33. The van der Waals surface area contributed by atoms with Gasteiger partial charge >= 0.3 is 0 Å². The molecule has 0 spiro atoms. The highest BCUT2D eigenvalue weighted by atomic mass is 35.5. The summed E-state index contributed by atoms with van der Waals surface area (Å²) in [5.74, 6) is -0.207. The van der Waals surface area contributed by atoms with Crippen molar-refractivity contribution in [2.75, 3.05) is 6.61 Å². The predicted octanol–water partition coefficient (Wildman–Crippen LogP) is 3.31. The number of aromatic nitrogens is 1. The first-order valence-corrected chi connectivity index (χ1v) is 8.62. The maximum atomic E-state index is 12.5. The number of aliphatic hydroxyl groups is 1. The van der Waals surface area contributed by atoms with Crippen LogP contribution in [0.5, 0.6) is 0 Å². The van der Waals surface area contributed by atoms with E-state index >= 15 is 0 Å². The van der Waals surface area contributed by atoms with E-state index in [0.29, 0.717) is 10.0 Å². The molecule has 1 aromatic carbocycles. The van der Waals surface area contributed by atoms with E-state index in [1.807, 2.05) is 30.3 Å². The van der Waals surface area contributed by atoms with Crippen LogP contribution in [-0.2, 0) is 6.42 Å². The minimum atomic E-state index is -0.152. The average Bonchev–Trinajstić information content (AvgIpc) is 3.16. The summed E-state index contributed by atoms with van der Waals surface area (Å²) in [5, 5.41) is 13.7. The molecule has 0 saturated heterocycles. The molecule has 6 heteroatoms. The number of rotatable bonds is 3. The predicted molar refractivity (Wildman–Crippen MR) is 92.4 cm³/mol. The van der Waals surface area contributed by atoms with Gasteiger partial charge in [-0.25, -0.2) is 0 Å². The van der Waals surface area contributed by atoms with E-state index in [4.69, 9.17) is 11.6 Å². The van der Waals surface area contributed by atoms with Crippen LogP contribution in [0.1, 0.15) is 27.5 Å². The molecule has 2 heterocycles. The van der Waals surface area contributed by atoms with Crippen molar-refractivity contribution in [3.63, 3.8) is 0 Å². The standard InChI is InChI=1S/C17H15ClN2O2S/c18-15-7-10-6-14(20-17(10)23-15)16(22)19-13-5-9-3-1-2-4-11(9)12(13)8-21/h1-4,6-7,12-13,20-21H,5,8H2,(H,19,22)/t12-,13+/m0/s1. The van der Waals surface area contributed by atoms with E-state index < -0.39 is 0 Å². The Balaban J connectivity index is 1.55. The van der Waals surface area contributed by atoms with Gasteiger partial charge in [0.15, 0.2) is 0 Å². The zero-order valence-electron chi connectivity index (χ0n) is 12.2. The molecule has 3 aromatic rings. The van der Waals surface area contributed by atoms with Crippen molar-refractivity contribution in [1.29, 1.82) is 0 Å². The van der Waals surface area contributed by atoms with Crippen LogP contribution in [-0.4, -0.2) is 28.6 Å². The maximum absolute atomic E-state index is 12.5. The summed E-state index contributed by atoms with van der Waals surface area (Å²) in [6.07, 6.45) is 0.744. The molecule has 0 saturated carbocycles. The zero-order chi connectivity index (χ0) is 16.0. The summed E-state index contributed by atoms with van der Waals surface area (Å²) >= 11 is 7.37. The van der Waals surface area contributed by atoms with Gasteiger partial charge in [0, 0.05) is 17.3 Å². The van der Waals surface area contributed by atoms with Gasteiger partial charge in [-0.3, -0.25) is 4.79 Å². The van der Waals surface area contributed by atoms with Gasteiger partial charge in [0.2, 0.25) is 0 Å². The minimum Gasteiger partial charge on any atom is -0.396 e. The highest BCUT2D eigenvalue weighted by molar-refractivity contribution is 7.22. The number of carbonyl (C=O) groups excluding carboxylic acids is 1. The number of carbonyl (C=O) groups is 1. The van der Waals surface area contributed by atoms with Crippen LogP contribution in [0.3, 0.4) is 0 Å². The van der Waals surface area contributed by atoms with Crippen LogP contribution in [0, 0.1) is 0 Å². The van der Waals surface area contributed by atoms with Gasteiger partial charge in [0.1, 0.15) is 10.5 Å². The van der Waals surface area contributed by atoms with Crippen LogP contribution in [0.4, 0.5) is 0 Å². The lowest BCUT2D eigenvalue weighted by Crippen LogP contribution is -2.39. The molecule has 2 atom stereocenters. The Morgan fingerprint density at radius 3 is 3.00 bits per heavy atom. The second-order valence-electron chi connectivity index (χ2n) is 5.79. The topological polar surface area (TPSA) is 65.1 Å². The molecule has 0 unspecified atom stereocenters. The van der Waals surface area contributed by atoms with Gasteiger partial charge < -0.3 is 15.4 Å². The molecular weight excluding hydrogens is 332 g/mol. The number of aromatic amines is 1. The lowest BCUT2D eigenvalue weighted by molar-refractivity contribution is 0.0922. The van der Waals surface area contributed by atoms with Gasteiger partial charge in [-0.05, 0) is 29.7 Å². The van der Waals surface area contributed by atoms with Crippen LogP contribution in [0.15, 0.2) is 36.4 Å². The fourth-order valence-electron chi connectivity index (χ4n) is 3.32. The third-order valence-electron chi connectivity index (χ3n) is 4.42. The summed E-state index contributed by atoms with van der Waals surface area (Å²) in [6.45, 7) is 0.0252. The molecule has 0 bridgehead atoms. The Morgan fingerprint density at radius 1 is 1.39 bits per heavy atom. The summed E-state index contributed by atoms with van der Waals surface area (Å²) < 4.78 is 0.699. The van der Waals surface area contributed by atoms with Crippen LogP contribution >= 0.6 is 22.9 Å². The van der Waals surface area contributed by atoms with E-state index in [2.05, 4.69) is 16.4 Å². The van der Waals surface area contributed by atoms with E-state index in [0.717, 1.165) is 22.2 Å². The van der Waals surface area contributed by atoms with Crippen molar-refractivity contribution in [3.8, 4) is 0 Å². The first-order chi connectivity index (χ1) is 11.2. The molecule has 0 radical (unpaired) electrons. The monoisotopic (exact) mass is 346 g/mol. The Kier molecular flexibility index (Phi) is 3.64. The number of H-pyrrole nitrogens is 1. The van der Waals surface area contributed by atoms with Crippen molar-refractivity contribution >= 4 is 39.1 Å². The van der Waals surface area contributed by atoms with Crippen molar-refractivity contribution in [3.05, 3.63) is 57.6 Å². The molecule has 1 aliphatic rings. The molecule has 23 heavy (non-hydrogen) atoms. The Bertz CT molecular complexity index is 854. The van der Waals surface area contributed by atoms with Gasteiger partial charge in [-0.2, -0.15) is 0 Å². The molecule has 118 valence electrons. The Labute approximate surface area is 142 Å². The average molecular weight is 347 g/mol. The summed E-state index contributed by atoms with van der Waals surface area (Å²) in [4.78, 5) is 16.5. The number of fused-ring (bicyclic) bond motifs is 2. The van der Waals surface area contributed by atoms with E-state index in [9.17, 15) is 9.90 Å². The Hall–Kier alpha value is -1.82. The molecule has 0 fully saturated rings. The number of hydrogen-bond acceptors (Lipinski definition) is 3. The summed E-state index contributed by atoms with van der Waals surface area (Å²) in [5.41, 5.74) is 2.84. The molecule has 1 amide bonds. The van der Waals surface area contributed by atoms with E-state index in [1.165, 1.54) is 16.9 Å².